The van der Waals surface area contributed by atoms with Crippen LogP contribution in [0.4, 0.5) is 0 Å². The van der Waals surface area contributed by atoms with Crippen LogP contribution in [0.2, 0.25) is 5.02 Å². The van der Waals surface area contributed by atoms with E-state index >= 15 is 0 Å². The zero-order valence-electron chi connectivity index (χ0n) is 7.55. The molecule has 0 spiro atoms. The fraction of sp³-hybridized carbons (Fsp3) is 0.182. The van der Waals surface area contributed by atoms with Crippen LogP contribution in [-0.2, 0) is 6.54 Å². The minimum Gasteiger partial charge on any atom is -0.302 e. The third kappa shape index (κ3) is 2.78. The van der Waals surface area contributed by atoms with Crippen molar-refractivity contribution < 1.29 is 0 Å². The highest BCUT2D eigenvalue weighted by molar-refractivity contribution is 6.31. The Bertz CT molecular complexity index is 399. The van der Waals surface area contributed by atoms with Crippen molar-refractivity contribution in [1.82, 2.24) is 5.32 Å². The summed E-state index contributed by atoms with van der Waals surface area (Å²) in [5.41, 5.74) is 1.51. The van der Waals surface area contributed by atoms with Crippen LogP contribution in [0.3, 0.4) is 0 Å². The first-order valence-electron chi connectivity index (χ1n) is 4.10. The van der Waals surface area contributed by atoms with Crippen LogP contribution in [0.1, 0.15) is 11.1 Å². The lowest BCUT2D eigenvalue weighted by Gasteiger charge is -2.04. The van der Waals surface area contributed by atoms with Gasteiger partial charge < -0.3 is 5.32 Å². The fourth-order valence-electron chi connectivity index (χ4n) is 1.03. The summed E-state index contributed by atoms with van der Waals surface area (Å²) in [6, 6.07) is 7.23. The number of halogens is 1. The van der Waals surface area contributed by atoms with Crippen molar-refractivity contribution >= 4 is 11.6 Å². The zero-order valence-corrected chi connectivity index (χ0v) is 8.30. The van der Waals surface area contributed by atoms with E-state index in [1.807, 2.05) is 12.1 Å². The van der Waals surface area contributed by atoms with Gasteiger partial charge in [0.25, 0.3) is 0 Å². The first-order valence-corrected chi connectivity index (χ1v) is 4.48. The average molecular weight is 205 g/mol. The molecule has 70 valence electrons. The Balaban J connectivity index is 2.71. The Labute approximate surface area is 88.5 Å². The van der Waals surface area contributed by atoms with Crippen LogP contribution < -0.4 is 5.32 Å². The molecule has 0 bridgehead atoms. The second-order valence-electron chi connectivity index (χ2n) is 2.73. The number of hydrogen-bond acceptors (Lipinski definition) is 2. The standard InChI is InChI=1S/C11H9ClN2/c1-2-5-14-8-10-4-3-9(7-13)6-11(10)12/h1,3-4,6,14H,5,8H2. The summed E-state index contributed by atoms with van der Waals surface area (Å²) in [6.45, 7) is 1.13. The molecule has 0 amide bonds. The maximum atomic E-state index is 8.62. The van der Waals surface area contributed by atoms with Crippen molar-refractivity contribution in [3.63, 3.8) is 0 Å². The van der Waals surface area contributed by atoms with Crippen LogP contribution in [0.5, 0.6) is 0 Å². The second-order valence-corrected chi connectivity index (χ2v) is 3.13. The minimum atomic E-state index is 0.510. The van der Waals surface area contributed by atoms with E-state index in [-0.39, 0.29) is 0 Å². The van der Waals surface area contributed by atoms with Crippen LogP contribution in [-0.4, -0.2) is 6.54 Å². The van der Waals surface area contributed by atoms with Crippen LogP contribution in [0, 0.1) is 23.7 Å². The summed E-state index contributed by atoms with van der Waals surface area (Å²) < 4.78 is 0. The highest BCUT2D eigenvalue weighted by Crippen LogP contribution is 2.17. The van der Waals surface area contributed by atoms with Gasteiger partial charge in [0.05, 0.1) is 18.2 Å². The van der Waals surface area contributed by atoms with Gasteiger partial charge in [-0.15, -0.1) is 6.42 Å². The Morgan fingerprint density at radius 3 is 2.86 bits per heavy atom. The maximum absolute atomic E-state index is 8.62. The van der Waals surface area contributed by atoms with Crippen molar-refractivity contribution in [1.29, 1.82) is 5.26 Å². The Hall–Kier alpha value is -1.48. The van der Waals surface area contributed by atoms with Crippen molar-refractivity contribution in [3.8, 4) is 18.4 Å². The lowest BCUT2D eigenvalue weighted by atomic mass is 10.1. The molecule has 0 aliphatic carbocycles. The number of terminal acetylenes is 1. The molecule has 0 heterocycles. The maximum Gasteiger partial charge on any atom is 0.0992 e. The molecule has 0 unspecified atom stereocenters. The molecule has 14 heavy (non-hydrogen) atoms. The molecule has 0 fully saturated rings. The molecule has 0 atom stereocenters. The van der Waals surface area contributed by atoms with E-state index in [2.05, 4.69) is 11.2 Å². The van der Waals surface area contributed by atoms with Crippen molar-refractivity contribution in [2.24, 2.45) is 0 Å². The molecule has 0 saturated heterocycles. The molecule has 2 nitrogen and oxygen atoms in total. The van der Waals surface area contributed by atoms with Crippen LogP contribution in [0.15, 0.2) is 18.2 Å². The molecule has 3 heteroatoms. The van der Waals surface area contributed by atoms with Gasteiger partial charge in [0.2, 0.25) is 0 Å². The molecule has 0 saturated carbocycles. The summed E-state index contributed by atoms with van der Waals surface area (Å²) in [5, 5.41) is 12.2. The van der Waals surface area contributed by atoms with Crippen molar-refractivity contribution in [3.05, 3.63) is 34.3 Å². The Morgan fingerprint density at radius 2 is 2.29 bits per heavy atom. The zero-order chi connectivity index (χ0) is 10.4. The summed E-state index contributed by atoms with van der Waals surface area (Å²) in [5.74, 6) is 2.47. The van der Waals surface area contributed by atoms with Gasteiger partial charge in [0.1, 0.15) is 0 Å². The first-order chi connectivity index (χ1) is 6.77. The molecular weight excluding hydrogens is 196 g/mol. The first kappa shape index (κ1) is 10.6. The van der Waals surface area contributed by atoms with Crippen LogP contribution in [0.25, 0.3) is 0 Å². The van der Waals surface area contributed by atoms with E-state index in [1.54, 1.807) is 12.1 Å². The van der Waals surface area contributed by atoms with E-state index in [9.17, 15) is 0 Å². The van der Waals surface area contributed by atoms with E-state index in [1.165, 1.54) is 0 Å². The third-order valence-corrected chi connectivity index (χ3v) is 2.08. The monoisotopic (exact) mass is 204 g/mol. The smallest absolute Gasteiger partial charge is 0.0992 e. The van der Waals surface area contributed by atoms with Gasteiger partial charge in [-0.05, 0) is 17.7 Å². The number of nitrogens with one attached hydrogen (secondary N) is 1. The summed E-state index contributed by atoms with van der Waals surface area (Å²) in [6.07, 6.45) is 5.09. The highest BCUT2D eigenvalue weighted by Gasteiger charge is 2.00. The van der Waals surface area contributed by atoms with E-state index < -0.39 is 0 Å². The minimum absolute atomic E-state index is 0.510. The predicted molar refractivity (Wildman–Crippen MR) is 56.7 cm³/mol. The fourth-order valence-corrected chi connectivity index (χ4v) is 1.28. The van der Waals surface area contributed by atoms with Crippen molar-refractivity contribution in [2.75, 3.05) is 6.54 Å². The van der Waals surface area contributed by atoms with Crippen LogP contribution >= 0.6 is 11.6 Å². The molecule has 0 aromatic heterocycles. The van der Waals surface area contributed by atoms with Gasteiger partial charge in [-0.3, -0.25) is 0 Å². The lowest BCUT2D eigenvalue weighted by molar-refractivity contribution is 0.770. The number of rotatable bonds is 3. The molecule has 1 N–H and O–H groups in total. The number of nitrogens with zero attached hydrogens (tertiary/aromatic N) is 1. The molecular formula is C11H9ClN2. The van der Waals surface area contributed by atoms with Gasteiger partial charge in [0.15, 0.2) is 0 Å². The molecule has 0 aliphatic rings. The third-order valence-electron chi connectivity index (χ3n) is 1.72. The lowest BCUT2D eigenvalue weighted by Crippen LogP contribution is -2.13. The number of hydrogen-bond donors (Lipinski definition) is 1. The molecule has 1 aromatic rings. The van der Waals surface area contributed by atoms with E-state index in [0.29, 0.717) is 23.7 Å². The van der Waals surface area contributed by atoms with Gasteiger partial charge in [-0.25, -0.2) is 0 Å². The van der Waals surface area contributed by atoms with Crippen molar-refractivity contribution in [2.45, 2.75) is 6.54 Å². The summed E-state index contributed by atoms with van der Waals surface area (Å²) in [4.78, 5) is 0. The molecule has 1 rings (SSSR count). The van der Waals surface area contributed by atoms with Gasteiger partial charge in [0, 0.05) is 11.6 Å². The second kappa shape index (κ2) is 5.29. The summed E-state index contributed by atoms with van der Waals surface area (Å²) in [7, 11) is 0. The summed E-state index contributed by atoms with van der Waals surface area (Å²) >= 11 is 5.94. The number of benzene rings is 1. The highest BCUT2D eigenvalue weighted by atomic mass is 35.5. The largest absolute Gasteiger partial charge is 0.302 e. The number of nitriles is 1. The Kier molecular flexibility index (Phi) is 4.01. The van der Waals surface area contributed by atoms with E-state index in [0.717, 1.165) is 5.56 Å². The average Bonchev–Trinajstić information content (AvgIpc) is 2.20. The van der Waals surface area contributed by atoms with Gasteiger partial charge in [-0.2, -0.15) is 5.26 Å². The van der Waals surface area contributed by atoms with Gasteiger partial charge >= 0.3 is 0 Å². The Morgan fingerprint density at radius 1 is 1.50 bits per heavy atom. The molecule has 0 aliphatic heterocycles. The normalized spacial score (nSPS) is 9.07. The molecule has 1 aromatic carbocycles. The quantitative estimate of drug-likeness (QED) is 0.603. The SMILES string of the molecule is C#CCNCc1ccc(C#N)cc1Cl. The predicted octanol–water partition coefficient (Wildman–Crippen LogP) is 1.93. The topological polar surface area (TPSA) is 35.8 Å². The van der Waals surface area contributed by atoms with E-state index in [4.69, 9.17) is 23.3 Å². The van der Waals surface area contributed by atoms with Gasteiger partial charge in [-0.1, -0.05) is 23.6 Å². The molecule has 0 radical (unpaired) electrons.